The van der Waals surface area contributed by atoms with Gasteiger partial charge in [0.2, 0.25) is 0 Å². The van der Waals surface area contributed by atoms with Crippen LogP contribution in [0.3, 0.4) is 0 Å². The van der Waals surface area contributed by atoms with Gasteiger partial charge in [0.25, 0.3) is 0 Å². The van der Waals surface area contributed by atoms with E-state index in [1.165, 1.54) is 0 Å². The third-order valence-electron chi connectivity index (χ3n) is 2.59. The van der Waals surface area contributed by atoms with Crippen LogP contribution in [0.25, 0.3) is 0 Å². The average molecular weight is 210 g/mol. The molecule has 16 heavy (non-hydrogen) atoms. The van der Waals surface area contributed by atoms with Crippen molar-refractivity contribution >= 4 is 0 Å². The van der Waals surface area contributed by atoms with E-state index in [1.54, 1.807) is 6.08 Å². The summed E-state index contributed by atoms with van der Waals surface area (Å²) in [5.41, 5.74) is 1.77. The maximum absolute atomic E-state index is 8.91. The first-order valence-electron chi connectivity index (χ1n) is 5.02. The van der Waals surface area contributed by atoms with Gasteiger partial charge in [-0.15, -0.1) is 0 Å². The number of hydrogen-bond donors (Lipinski definition) is 0. The quantitative estimate of drug-likeness (QED) is 0.577. The van der Waals surface area contributed by atoms with Crippen molar-refractivity contribution in [1.29, 1.82) is 10.5 Å². The van der Waals surface area contributed by atoms with E-state index >= 15 is 0 Å². The number of rotatable bonds is 0. The number of allylic oxidation sites excluding steroid dienone is 5. The van der Waals surface area contributed by atoms with Crippen LogP contribution in [0.5, 0.6) is 0 Å². The summed E-state index contributed by atoms with van der Waals surface area (Å²) in [5, 5.41) is 17.8. The predicted octanol–water partition coefficient (Wildman–Crippen LogP) is 2.52. The molecule has 3 nitrogen and oxygen atoms in total. The van der Waals surface area contributed by atoms with Gasteiger partial charge in [-0.05, 0) is 13.0 Å². The van der Waals surface area contributed by atoms with Crippen molar-refractivity contribution in [3.8, 4) is 12.1 Å². The van der Waals surface area contributed by atoms with Gasteiger partial charge in [-0.3, -0.25) is 0 Å². The second-order valence-electron chi connectivity index (χ2n) is 3.66. The van der Waals surface area contributed by atoms with E-state index < -0.39 is 0 Å². The highest BCUT2D eigenvalue weighted by Gasteiger charge is 2.26. The zero-order valence-corrected chi connectivity index (χ0v) is 8.90. The molecule has 1 unspecified atom stereocenters. The lowest BCUT2D eigenvalue weighted by Gasteiger charge is -2.28. The molecule has 2 rings (SSSR count). The Balaban J connectivity index is 2.59. The maximum Gasteiger partial charge on any atom is 0.137 e. The summed E-state index contributed by atoms with van der Waals surface area (Å²) in [6.45, 7) is 1.83. The molecule has 0 amide bonds. The molecule has 1 aliphatic heterocycles. The first kappa shape index (κ1) is 10.3. The van der Waals surface area contributed by atoms with Gasteiger partial charge in [-0.25, -0.2) is 0 Å². The highest BCUT2D eigenvalue weighted by atomic mass is 16.5. The van der Waals surface area contributed by atoms with Crippen molar-refractivity contribution in [2.45, 2.75) is 19.4 Å². The third-order valence-corrected chi connectivity index (χ3v) is 2.59. The topological polar surface area (TPSA) is 56.8 Å². The largest absolute Gasteiger partial charge is 0.490 e. The van der Waals surface area contributed by atoms with E-state index in [1.807, 2.05) is 37.3 Å². The lowest BCUT2D eigenvalue weighted by atomic mass is 9.89. The summed E-state index contributed by atoms with van der Waals surface area (Å²) in [6.07, 6.45) is 8.33. The first-order valence-corrected chi connectivity index (χ1v) is 5.02. The number of nitrogens with zero attached hydrogens (tertiary/aromatic N) is 2. The van der Waals surface area contributed by atoms with E-state index in [0.717, 1.165) is 17.8 Å². The molecule has 0 spiro atoms. The van der Waals surface area contributed by atoms with Crippen molar-refractivity contribution in [3.63, 3.8) is 0 Å². The summed E-state index contributed by atoms with van der Waals surface area (Å²) in [6, 6.07) is 3.86. The molecule has 0 fully saturated rings. The minimum Gasteiger partial charge on any atom is -0.490 e. The zero-order valence-electron chi connectivity index (χ0n) is 8.90. The molecule has 1 heterocycles. The van der Waals surface area contributed by atoms with Crippen LogP contribution in [-0.4, -0.2) is 6.10 Å². The normalized spacial score (nSPS) is 21.9. The van der Waals surface area contributed by atoms with Crippen LogP contribution in [0.15, 0.2) is 46.8 Å². The summed E-state index contributed by atoms with van der Waals surface area (Å²) >= 11 is 0. The molecule has 78 valence electrons. The van der Waals surface area contributed by atoms with Crippen LogP contribution in [0.2, 0.25) is 0 Å². The van der Waals surface area contributed by atoms with Gasteiger partial charge in [0.15, 0.2) is 0 Å². The van der Waals surface area contributed by atoms with Crippen LogP contribution < -0.4 is 0 Å². The van der Waals surface area contributed by atoms with Crippen LogP contribution in [-0.2, 0) is 4.74 Å². The Morgan fingerprint density at radius 3 is 2.88 bits per heavy atom. The summed E-state index contributed by atoms with van der Waals surface area (Å²) < 4.78 is 5.65. The van der Waals surface area contributed by atoms with E-state index in [2.05, 4.69) is 0 Å². The molecule has 3 heteroatoms. The van der Waals surface area contributed by atoms with Crippen LogP contribution in [0.4, 0.5) is 0 Å². The second-order valence-corrected chi connectivity index (χ2v) is 3.66. The lowest BCUT2D eigenvalue weighted by molar-refractivity contribution is 0.143. The van der Waals surface area contributed by atoms with Gasteiger partial charge >= 0.3 is 0 Å². The fourth-order valence-electron chi connectivity index (χ4n) is 1.89. The molecule has 1 atom stereocenters. The van der Waals surface area contributed by atoms with Crippen LogP contribution in [0, 0.1) is 22.7 Å². The van der Waals surface area contributed by atoms with Crippen molar-refractivity contribution in [1.82, 2.24) is 0 Å². The monoisotopic (exact) mass is 210 g/mol. The van der Waals surface area contributed by atoms with Gasteiger partial charge in [0, 0.05) is 17.6 Å². The van der Waals surface area contributed by atoms with E-state index in [4.69, 9.17) is 15.3 Å². The minimum absolute atomic E-state index is 0.0540. The molecular weight excluding hydrogens is 200 g/mol. The molecule has 0 aromatic carbocycles. The van der Waals surface area contributed by atoms with E-state index in [9.17, 15) is 0 Å². The lowest BCUT2D eigenvalue weighted by Crippen LogP contribution is -2.21. The highest BCUT2D eigenvalue weighted by Crippen LogP contribution is 2.33. The fourth-order valence-corrected chi connectivity index (χ4v) is 1.89. The summed E-state index contributed by atoms with van der Waals surface area (Å²) in [5.74, 6) is 0.746. The van der Waals surface area contributed by atoms with Gasteiger partial charge < -0.3 is 4.74 Å². The van der Waals surface area contributed by atoms with E-state index in [-0.39, 0.29) is 11.7 Å². The average Bonchev–Trinajstić information content (AvgIpc) is 2.30. The van der Waals surface area contributed by atoms with Crippen molar-refractivity contribution in [2.75, 3.05) is 0 Å². The van der Waals surface area contributed by atoms with Gasteiger partial charge in [0.05, 0.1) is 5.76 Å². The van der Waals surface area contributed by atoms with Crippen molar-refractivity contribution in [3.05, 3.63) is 46.8 Å². The Bertz CT molecular complexity index is 505. The zero-order chi connectivity index (χ0) is 11.5. The Morgan fingerprint density at radius 2 is 2.19 bits per heavy atom. The Labute approximate surface area is 94.2 Å². The first-order chi connectivity index (χ1) is 7.76. The molecule has 0 saturated carbocycles. The molecular formula is C13H10N2O. The predicted molar refractivity (Wildman–Crippen MR) is 58.7 cm³/mol. The molecule has 0 radical (unpaired) electrons. The van der Waals surface area contributed by atoms with Crippen molar-refractivity contribution < 1.29 is 4.74 Å². The number of nitriles is 2. The smallest absolute Gasteiger partial charge is 0.137 e. The van der Waals surface area contributed by atoms with Gasteiger partial charge in [-0.1, -0.05) is 18.2 Å². The standard InChI is InChI=1S/C13H10N2O/c1-9-6-12(10(7-14)8-15)11-4-2-3-5-13(11)16-9/h2-4,6,13H,5H2,1H3. The number of ether oxygens (including phenoxy) is 1. The number of fused-ring (bicyclic) bond motifs is 1. The van der Waals surface area contributed by atoms with Crippen molar-refractivity contribution in [2.24, 2.45) is 0 Å². The third kappa shape index (κ3) is 1.64. The van der Waals surface area contributed by atoms with Gasteiger partial charge in [-0.2, -0.15) is 10.5 Å². The maximum atomic E-state index is 8.91. The Kier molecular flexibility index (Phi) is 2.62. The second kappa shape index (κ2) is 4.08. The highest BCUT2D eigenvalue weighted by molar-refractivity contribution is 5.58. The number of hydrogen-bond acceptors (Lipinski definition) is 3. The van der Waals surface area contributed by atoms with E-state index in [0.29, 0.717) is 5.57 Å². The summed E-state index contributed by atoms with van der Waals surface area (Å²) in [4.78, 5) is 0. The SMILES string of the molecule is CC1=CC(=C(C#N)C#N)C2=CC=CCC2O1. The van der Waals surface area contributed by atoms with Crippen LogP contribution >= 0.6 is 0 Å². The fraction of sp³-hybridized carbons (Fsp3) is 0.231. The molecule has 2 aliphatic rings. The Morgan fingerprint density at radius 1 is 1.44 bits per heavy atom. The molecule has 0 saturated heterocycles. The molecule has 0 aromatic rings. The molecule has 1 aliphatic carbocycles. The molecule has 0 bridgehead atoms. The Hall–Kier alpha value is -2.26. The minimum atomic E-state index is -0.0540. The summed E-state index contributed by atoms with van der Waals surface area (Å²) in [7, 11) is 0. The van der Waals surface area contributed by atoms with Crippen LogP contribution in [0.1, 0.15) is 13.3 Å². The molecule has 0 N–H and O–H groups in total. The molecule has 0 aromatic heterocycles. The van der Waals surface area contributed by atoms with Gasteiger partial charge in [0.1, 0.15) is 23.8 Å².